The zero-order chi connectivity index (χ0) is 22.3. The minimum atomic E-state index is -4.32. The Morgan fingerprint density at radius 2 is 1.87 bits per heavy atom. The Hall–Kier alpha value is -2.16. The first kappa shape index (κ1) is 24.1. The molecular weight excluding hydrogens is 402 g/mol. The first-order valence-corrected chi connectivity index (χ1v) is 10.1. The van der Waals surface area contributed by atoms with Gasteiger partial charge in [-0.3, -0.25) is 9.59 Å². The van der Waals surface area contributed by atoms with Crippen molar-refractivity contribution in [1.82, 2.24) is 15.1 Å². The van der Waals surface area contributed by atoms with E-state index in [-0.39, 0.29) is 5.91 Å². The lowest BCUT2D eigenvalue weighted by molar-refractivity contribution is -0.148. The molecule has 0 radical (unpaired) electrons. The molecule has 1 N–H and O–H groups in total. The van der Waals surface area contributed by atoms with Gasteiger partial charge < -0.3 is 15.1 Å². The molecule has 0 bridgehead atoms. The summed E-state index contributed by atoms with van der Waals surface area (Å²) in [7, 11) is 1.52. The first-order chi connectivity index (χ1) is 14.0. The summed E-state index contributed by atoms with van der Waals surface area (Å²) in [5.74, 6) is -0.919. The molecule has 2 rings (SSSR count). The average Bonchev–Trinajstić information content (AvgIpc) is 2.67. The molecule has 5 nitrogen and oxygen atoms in total. The van der Waals surface area contributed by atoms with Crippen molar-refractivity contribution in [3.8, 4) is 0 Å². The van der Waals surface area contributed by atoms with E-state index in [1.54, 1.807) is 13.0 Å². The molecule has 30 heavy (non-hydrogen) atoms. The van der Waals surface area contributed by atoms with Crippen LogP contribution in [0.25, 0.3) is 0 Å². The second kappa shape index (κ2) is 10.7. The van der Waals surface area contributed by atoms with Crippen LogP contribution in [0.3, 0.4) is 0 Å². The third kappa shape index (κ3) is 8.30. The minimum absolute atomic E-state index is 0.293. The number of carbonyl (C=O) groups excluding carboxylic acids is 2. The number of carbonyl (C=O) groups is 2. The number of halogens is 4. The van der Waals surface area contributed by atoms with Crippen LogP contribution in [-0.2, 0) is 4.79 Å². The highest BCUT2D eigenvalue weighted by Crippen LogP contribution is 2.22. The van der Waals surface area contributed by atoms with E-state index in [9.17, 15) is 27.2 Å². The van der Waals surface area contributed by atoms with E-state index < -0.39 is 30.7 Å². The van der Waals surface area contributed by atoms with Gasteiger partial charge in [-0.15, -0.1) is 0 Å². The number of nitrogens with one attached hydrogen (secondary N) is 1. The van der Waals surface area contributed by atoms with Crippen LogP contribution in [0.1, 0.15) is 41.6 Å². The minimum Gasteiger partial charge on any atom is -0.352 e. The smallest absolute Gasteiger partial charge is 0.352 e. The molecule has 0 unspecified atom stereocenters. The van der Waals surface area contributed by atoms with Crippen molar-refractivity contribution < 1.29 is 27.2 Å². The summed E-state index contributed by atoms with van der Waals surface area (Å²) in [5.41, 5.74) is 0.999. The Kier molecular flexibility index (Phi) is 8.64. The molecule has 1 fully saturated rings. The second-order valence-corrected chi connectivity index (χ2v) is 7.94. The summed E-state index contributed by atoms with van der Waals surface area (Å²) in [6, 6.07) is 4.23. The van der Waals surface area contributed by atoms with Gasteiger partial charge in [-0.05, 0) is 62.5 Å². The van der Waals surface area contributed by atoms with E-state index in [2.05, 4.69) is 10.2 Å². The van der Waals surface area contributed by atoms with Gasteiger partial charge in [0.1, 0.15) is 5.82 Å². The number of aryl methyl sites for hydroxylation is 1. The molecule has 1 aromatic rings. The quantitative estimate of drug-likeness (QED) is 0.642. The predicted molar refractivity (Wildman–Crippen MR) is 106 cm³/mol. The lowest BCUT2D eigenvalue weighted by atomic mass is 9.96. The van der Waals surface area contributed by atoms with Crippen molar-refractivity contribution in [1.29, 1.82) is 0 Å². The standard InChI is InChI=1S/C21H29F4N3O2/c1-15-11-17(13-18(22)12-15)20(30)26-14-16-4-7-28(8-5-16)10-9-27(2)19(29)3-6-21(23,24)25/h11-13,16H,3-10,14H2,1-2H3,(H,26,30). The van der Waals surface area contributed by atoms with Gasteiger partial charge >= 0.3 is 6.18 Å². The number of likely N-dealkylation sites (tertiary alicyclic amines) is 1. The van der Waals surface area contributed by atoms with Gasteiger partial charge in [0, 0.05) is 38.7 Å². The monoisotopic (exact) mass is 431 g/mol. The second-order valence-electron chi connectivity index (χ2n) is 7.94. The Morgan fingerprint density at radius 3 is 2.47 bits per heavy atom. The average molecular weight is 431 g/mol. The molecule has 1 aliphatic heterocycles. The van der Waals surface area contributed by atoms with Crippen LogP contribution >= 0.6 is 0 Å². The van der Waals surface area contributed by atoms with E-state index in [1.807, 2.05) is 0 Å². The van der Waals surface area contributed by atoms with Crippen LogP contribution in [0.2, 0.25) is 0 Å². The Bertz CT molecular complexity index is 711. The van der Waals surface area contributed by atoms with Crippen LogP contribution in [0, 0.1) is 18.7 Å². The van der Waals surface area contributed by atoms with Gasteiger partial charge in [0.2, 0.25) is 5.91 Å². The third-order valence-electron chi connectivity index (χ3n) is 5.36. The van der Waals surface area contributed by atoms with E-state index >= 15 is 0 Å². The van der Waals surface area contributed by atoms with Crippen molar-refractivity contribution in [2.24, 2.45) is 5.92 Å². The number of piperidine rings is 1. The molecule has 168 valence electrons. The van der Waals surface area contributed by atoms with Crippen LogP contribution in [0.4, 0.5) is 17.6 Å². The maximum atomic E-state index is 13.4. The molecule has 1 heterocycles. The van der Waals surface area contributed by atoms with Crippen molar-refractivity contribution >= 4 is 11.8 Å². The van der Waals surface area contributed by atoms with Crippen molar-refractivity contribution in [3.63, 3.8) is 0 Å². The fraction of sp³-hybridized carbons (Fsp3) is 0.619. The molecule has 0 aromatic heterocycles. The predicted octanol–water partition coefficient (Wildman–Crippen LogP) is 3.38. The van der Waals surface area contributed by atoms with Gasteiger partial charge in [-0.1, -0.05) is 0 Å². The summed E-state index contributed by atoms with van der Waals surface area (Å²) in [5, 5.41) is 2.86. The largest absolute Gasteiger partial charge is 0.389 e. The third-order valence-corrected chi connectivity index (χ3v) is 5.36. The molecule has 1 saturated heterocycles. The number of alkyl halides is 3. The fourth-order valence-electron chi connectivity index (χ4n) is 3.48. The van der Waals surface area contributed by atoms with Crippen LogP contribution in [0.5, 0.6) is 0 Å². The fourth-order valence-corrected chi connectivity index (χ4v) is 3.48. The summed E-state index contributed by atoms with van der Waals surface area (Å²) >= 11 is 0. The van der Waals surface area contributed by atoms with Gasteiger partial charge in [0.05, 0.1) is 6.42 Å². The van der Waals surface area contributed by atoms with E-state index in [4.69, 9.17) is 0 Å². The van der Waals surface area contributed by atoms with Crippen LogP contribution in [0.15, 0.2) is 18.2 Å². The Labute approximate surface area is 174 Å². The highest BCUT2D eigenvalue weighted by Gasteiger charge is 2.28. The van der Waals surface area contributed by atoms with Crippen molar-refractivity contribution in [2.45, 2.75) is 38.8 Å². The van der Waals surface area contributed by atoms with Crippen LogP contribution < -0.4 is 5.32 Å². The lowest BCUT2D eigenvalue weighted by Crippen LogP contribution is -2.42. The van der Waals surface area contributed by atoms with E-state index in [0.717, 1.165) is 25.9 Å². The molecule has 1 aromatic carbocycles. The topological polar surface area (TPSA) is 52.7 Å². The van der Waals surface area contributed by atoms with Crippen molar-refractivity contribution in [3.05, 3.63) is 35.1 Å². The number of amides is 2. The number of benzene rings is 1. The van der Waals surface area contributed by atoms with Gasteiger partial charge in [0.25, 0.3) is 5.91 Å². The number of hydrogen-bond donors (Lipinski definition) is 1. The maximum absolute atomic E-state index is 13.4. The van der Waals surface area contributed by atoms with Gasteiger partial charge in [-0.25, -0.2) is 4.39 Å². The van der Waals surface area contributed by atoms with Gasteiger partial charge in [-0.2, -0.15) is 13.2 Å². The summed E-state index contributed by atoms with van der Waals surface area (Å²) in [4.78, 5) is 27.5. The highest BCUT2D eigenvalue weighted by molar-refractivity contribution is 5.94. The van der Waals surface area contributed by atoms with E-state index in [0.29, 0.717) is 36.7 Å². The molecule has 0 saturated carbocycles. The normalized spacial score (nSPS) is 15.8. The number of hydrogen-bond acceptors (Lipinski definition) is 3. The van der Waals surface area contributed by atoms with E-state index in [1.165, 1.54) is 24.1 Å². The molecule has 0 aliphatic carbocycles. The van der Waals surface area contributed by atoms with Gasteiger partial charge in [0.15, 0.2) is 0 Å². The summed E-state index contributed by atoms with van der Waals surface area (Å²) in [6.45, 7) is 4.83. The molecule has 0 spiro atoms. The molecule has 9 heteroatoms. The number of nitrogens with zero attached hydrogens (tertiary/aromatic N) is 2. The molecule has 2 amide bonds. The zero-order valence-corrected chi connectivity index (χ0v) is 17.4. The SMILES string of the molecule is Cc1cc(F)cc(C(=O)NCC2CCN(CCN(C)C(=O)CCC(F)(F)F)CC2)c1. The molecule has 0 atom stereocenters. The number of rotatable bonds is 8. The Balaban J connectivity index is 1.66. The van der Waals surface area contributed by atoms with Crippen molar-refractivity contribution in [2.75, 3.05) is 39.8 Å². The number of likely N-dealkylation sites (N-methyl/N-ethyl adjacent to an activating group) is 1. The highest BCUT2D eigenvalue weighted by atomic mass is 19.4. The maximum Gasteiger partial charge on any atom is 0.389 e. The molecular formula is C21H29F4N3O2. The van der Waals surface area contributed by atoms with Crippen LogP contribution in [-0.4, -0.2) is 67.6 Å². The summed E-state index contributed by atoms with van der Waals surface area (Å²) < 4.78 is 50.1. The molecule has 1 aliphatic rings. The zero-order valence-electron chi connectivity index (χ0n) is 17.4. The Morgan fingerprint density at radius 1 is 1.20 bits per heavy atom. The lowest BCUT2D eigenvalue weighted by Gasteiger charge is -2.33. The summed E-state index contributed by atoms with van der Waals surface area (Å²) in [6.07, 6.45) is -4.20. The first-order valence-electron chi connectivity index (χ1n) is 10.1.